The molecule has 0 atom stereocenters. The van der Waals surface area contributed by atoms with Crippen LogP contribution in [-0.2, 0) is 34.0 Å². The summed E-state index contributed by atoms with van der Waals surface area (Å²) in [7, 11) is 1.55. The van der Waals surface area contributed by atoms with Gasteiger partial charge in [0.1, 0.15) is 4.83 Å². The van der Waals surface area contributed by atoms with Crippen LogP contribution in [-0.4, -0.2) is 52.7 Å². The van der Waals surface area contributed by atoms with E-state index >= 15 is 0 Å². The summed E-state index contributed by atoms with van der Waals surface area (Å²) in [5.74, 6) is -1.20. The number of carbonyl (C=O) groups is 2. The number of aromatic nitrogens is 2. The molecule has 0 radical (unpaired) electrons. The van der Waals surface area contributed by atoms with Gasteiger partial charge in [0.25, 0.3) is 5.56 Å². The number of fused-ring (bicyclic) bond motifs is 1. The van der Waals surface area contributed by atoms with Crippen LogP contribution in [0.5, 0.6) is 0 Å². The lowest BCUT2D eigenvalue weighted by molar-refractivity contribution is -0.148. The normalized spacial score (nSPS) is 14.9. The number of hydrogen-bond acceptors (Lipinski definition) is 6. The van der Waals surface area contributed by atoms with Crippen LogP contribution in [0.15, 0.2) is 9.59 Å². The predicted octanol–water partition coefficient (Wildman–Crippen LogP) is -0.342. The first-order valence-electron chi connectivity index (χ1n) is 8.72. The second-order valence-electron chi connectivity index (χ2n) is 6.29. The molecule has 1 saturated heterocycles. The molecule has 9 nitrogen and oxygen atoms in total. The van der Waals surface area contributed by atoms with Crippen LogP contribution >= 0.6 is 11.3 Å². The van der Waals surface area contributed by atoms with Gasteiger partial charge in [-0.2, -0.15) is 0 Å². The van der Waals surface area contributed by atoms with Crippen molar-refractivity contribution in [1.82, 2.24) is 19.4 Å². The van der Waals surface area contributed by atoms with Gasteiger partial charge in [0.15, 0.2) is 0 Å². The molecule has 0 bridgehead atoms. The van der Waals surface area contributed by atoms with Crippen molar-refractivity contribution in [3.63, 3.8) is 0 Å². The molecule has 0 aliphatic carbocycles. The van der Waals surface area contributed by atoms with E-state index < -0.39 is 11.8 Å². The summed E-state index contributed by atoms with van der Waals surface area (Å²) >= 11 is 1.31. The number of ether oxygens (including phenoxy) is 1. The Morgan fingerprint density at radius 3 is 2.59 bits per heavy atom. The highest BCUT2D eigenvalue weighted by Crippen LogP contribution is 2.29. The summed E-state index contributed by atoms with van der Waals surface area (Å²) in [6, 6.07) is 0. The minimum absolute atomic E-state index is 0.238. The van der Waals surface area contributed by atoms with Crippen molar-refractivity contribution in [3.8, 4) is 0 Å². The average Bonchev–Trinajstić information content (AvgIpc) is 2.96. The Morgan fingerprint density at radius 2 is 1.93 bits per heavy atom. The Morgan fingerprint density at radius 1 is 1.19 bits per heavy atom. The summed E-state index contributed by atoms with van der Waals surface area (Å²) < 4.78 is 7.86. The van der Waals surface area contributed by atoms with E-state index in [4.69, 9.17) is 4.74 Å². The minimum Gasteiger partial charge on any atom is -0.383 e. The van der Waals surface area contributed by atoms with Crippen molar-refractivity contribution in [2.24, 2.45) is 0 Å². The quantitative estimate of drug-likeness (QED) is 0.675. The van der Waals surface area contributed by atoms with Crippen LogP contribution < -0.4 is 16.6 Å². The van der Waals surface area contributed by atoms with Crippen LogP contribution in [0.2, 0.25) is 0 Å². The Balaban J connectivity index is 2.13. The third-order valence-corrected chi connectivity index (χ3v) is 6.01. The molecule has 1 fully saturated rings. The zero-order chi connectivity index (χ0) is 19.7. The van der Waals surface area contributed by atoms with Gasteiger partial charge in [-0.05, 0) is 19.4 Å². The highest BCUT2D eigenvalue weighted by Gasteiger charge is 2.28. The largest absolute Gasteiger partial charge is 0.383 e. The second-order valence-corrected chi connectivity index (χ2v) is 7.37. The smallest absolute Gasteiger partial charge is 0.332 e. The molecular formula is C17H22N4O5S. The number of nitrogens with one attached hydrogen (secondary N) is 1. The first-order chi connectivity index (χ1) is 12.9. The fourth-order valence-electron chi connectivity index (χ4n) is 3.20. The van der Waals surface area contributed by atoms with Gasteiger partial charge in [-0.15, -0.1) is 11.3 Å². The Labute approximate surface area is 159 Å². The van der Waals surface area contributed by atoms with E-state index in [-0.39, 0.29) is 24.3 Å². The van der Waals surface area contributed by atoms with Crippen LogP contribution in [0, 0.1) is 6.92 Å². The lowest BCUT2D eigenvalue weighted by atomic mass is 10.2. The molecule has 2 aromatic heterocycles. The van der Waals surface area contributed by atoms with E-state index in [1.54, 1.807) is 18.6 Å². The molecule has 0 saturated carbocycles. The SMILES string of the molecule is CCn1c(=O)c2c(C)c(CN3CCNC(=O)C3=O)sc2n(CCOC)c1=O. The van der Waals surface area contributed by atoms with Gasteiger partial charge in [-0.1, -0.05) is 0 Å². The molecular weight excluding hydrogens is 372 g/mol. The van der Waals surface area contributed by atoms with Gasteiger partial charge in [0.05, 0.1) is 25.1 Å². The second kappa shape index (κ2) is 7.65. The van der Waals surface area contributed by atoms with Gasteiger partial charge in [-0.25, -0.2) is 4.79 Å². The molecule has 10 heteroatoms. The van der Waals surface area contributed by atoms with Gasteiger partial charge in [-0.3, -0.25) is 23.5 Å². The molecule has 0 aromatic carbocycles. The van der Waals surface area contributed by atoms with Gasteiger partial charge < -0.3 is 15.0 Å². The van der Waals surface area contributed by atoms with Crippen LogP contribution in [0.3, 0.4) is 0 Å². The number of piperazine rings is 1. The van der Waals surface area contributed by atoms with Gasteiger partial charge in [0.2, 0.25) is 0 Å². The summed E-state index contributed by atoms with van der Waals surface area (Å²) in [6.45, 7) is 5.56. The molecule has 1 aliphatic heterocycles. The van der Waals surface area contributed by atoms with E-state index in [0.717, 1.165) is 10.4 Å². The number of aryl methyl sites for hydroxylation is 1. The standard InChI is InChI=1S/C17H22N4O5S/c1-4-20-14(23)12-10(2)11(9-19-6-5-18-13(22)15(19)24)27-16(12)21(17(20)25)7-8-26-3/h4-9H2,1-3H3,(H,18,22). The Kier molecular flexibility index (Phi) is 5.47. The molecule has 2 aromatic rings. The van der Waals surface area contributed by atoms with Crippen molar-refractivity contribution in [2.45, 2.75) is 33.5 Å². The first-order valence-corrected chi connectivity index (χ1v) is 9.54. The van der Waals surface area contributed by atoms with E-state index in [0.29, 0.717) is 36.5 Å². The summed E-state index contributed by atoms with van der Waals surface area (Å²) in [4.78, 5) is 52.0. The van der Waals surface area contributed by atoms with Crippen molar-refractivity contribution in [3.05, 3.63) is 31.3 Å². The predicted molar refractivity (Wildman–Crippen MR) is 101 cm³/mol. The molecule has 3 rings (SSSR count). The molecule has 1 N–H and O–H groups in total. The summed E-state index contributed by atoms with van der Waals surface area (Å²) in [5.41, 5.74) is 0.0503. The Bertz CT molecular complexity index is 1020. The summed E-state index contributed by atoms with van der Waals surface area (Å²) in [6.07, 6.45) is 0. The molecule has 27 heavy (non-hydrogen) atoms. The maximum atomic E-state index is 12.8. The van der Waals surface area contributed by atoms with E-state index in [1.807, 2.05) is 6.92 Å². The molecule has 0 spiro atoms. The number of amides is 2. The van der Waals surface area contributed by atoms with E-state index in [9.17, 15) is 19.2 Å². The zero-order valence-corrected chi connectivity index (χ0v) is 16.4. The monoisotopic (exact) mass is 394 g/mol. The highest BCUT2D eigenvalue weighted by atomic mass is 32.1. The average molecular weight is 394 g/mol. The fraction of sp³-hybridized carbons (Fsp3) is 0.529. The number of methoxy groups -OCH3 is 1. The first kappa shape index (κ1) is 19.3. The van der Waals surface area contributed by atoms with Crippen LogP contribution in [0.4, 0.5) is 0 Å². The third kappa shape index (κ3) is 3.30. The molecule has 1 aliphatic rings. The number of hydrogen-bond donors (Lipinski definition) is 1. The summed E-state index contributed by atoms with van der Waals surface area (Å²) in [5, 5.41) is 3.00. The minimum atomic E-state index is -0.620. The molecule has 3 heterocycles. The molecule has 0 unspecified atom stereocenters. The number of rotatable bonds is 6. The number of nitrogens with zero attached hydrogens (tertiary/aromatic N) is 3. The van der Waals surface area contributed by atoms with Crippen LogP contribution in [0.1, 0.15) is 17.4 Å². The van der Waals surface area contributed by atoms with E-state index in [1.165, 1.54) is 20.8 Å². The van der Waals surface area contributed by atoms with Crippen molar-refractivity contribution >= 4 is 33.4 Å². The van der Waals surface area contributed by atoms with Crippen molar-refractivity contribution < 1.29 is 14.3 Å². The van der Waals surface area contributed by atoms with Gasteiger partial charge in [0, 0.05) is 31.6 Å². The fourth-order valence-corrected chi connectivity index (χ4v) is 4.53. The lowest BCUT2D eigenvalue weighted by Crippen LogP contribution is -2.51. The third-order valence-electron chi connectivity index (χ3n) is 4.71. The topological polar surface area (TPSA) is 103 Å². The maximum absolute atomic E-state index is 12.8. The van der Waals surface area contributed by atoms with E-state index in [2.05, 4.69) is 5.32 Å². The van der Waals surface area contributed by atoms with Crippen molar-refractivity contribution in [1.29, 1.82) is 0 Å². The zero-order valence-electron chi connectivity index (χ0n) is 15.5. The molecule has 2 amide bonds. The van der Waals surface area contributed by atoms with Gasteiger partial charge >= 0.3 is 17.5 Å². The Hall–Kier alpha value is -2.46. The maximum Gasteiger partial charge on any atom is 0.332 e. The number of thiophene rings is 1. The highest BCUT2D eigenvalue weighted by molar-refractivity contribution is 7.18. The molecule has 146 valence electrons. The van der Waals surface area contributed by atoms with Crippen LogP contribution in [0.25, 0.3) is 10.2 Å². The lowest BCUT2D eigenvalue weighted by Gasteiger charge is -2.26. The number of carbonyl (C=O) groups excluding carboxylic acids is 2. The van der Waals surface area contributed by atoms with Crippen molar-refractivity contribution in [2.75, 3.05) is 26.8 Å².